The van der Waals surface area contributed by atoms with Crippen LogP contribution in [0.3, 0.4) is 0 Å². The van der Waals surface area contributed by atoms with E-state index in [1.807, 2.05) is 13.8 Å². The van der Waals surface area contributed by atoms with Crippen LogP contribution < -0.4 is 10.1 Å². The van der Waals surface area contributed by atoms with Crippen molar-refractivity contribution < 1.29 is 27.6 Å². The number of piperazine rings is 1. The first-order valence-electron chi connectivity index (χ1n) is 9.04. The second-order valence-corrected chi connectivity index (χ2v) is 6.90. The van der Waals surface area contributed by atoms with Crippen LogP contribution in [-0.4, -0.2) is 41.3 Å². The number of nitrogens with one attached hydrogen (secondary N) is 1. The summed E-state index contributed by atoms with van der Waals surface area (Å²) in [5.74, 6) is -1.07. The molecule has 1 N–H and O–H groups in total. The molecule has 2 heterocycles. The standard InChI is InChI=1S/C19H23F2N3O4/c1-11-7-22-8-12(2)24(11)19(25)27-10-16-17(20)5-15(6-18(16)21)26-9-14-4-13(3)28-23-14/h4-6,11-12,22H,7-10H2,1-3H3. The van der Waals surface area contributed by atoms with Crippen molar-refractivity contribution >= 4 is 6.09 Å². The lowest BCUT2D eigenvalue weighted by atomic mass is 10.1. The Hall–Kier alpha value is -2.68. The molecule has 2 unspecified atom stereocenters. The van der Waals surface area contributed by atoms with Gasteiger partial charge in [0.25, 0.3) is 0 Å². The maximum absolute atomic E-state index is 14.3. The lowest BCUT2D eigenvalue weighted by Crippen LogP contribution is -2.57. The number of nitrogens with zero attached hydrogens (tertiary/aromatic N) is 2. The van der Waals surface area contributed by atoms with E-state index in [4.69, 9.17) is 14.0 Å². The van der Waals surface area contributed by atoms with Crippen LogP contribution >= 0.6 is 0 Å². The van der Waals surface area contributed by atoms with Crippen LogP contribution in [0.4, 0.5) is 13.6 Å². The molecule has 9 heteroatoms. The molecule has 3 rings (SSSR count). The van der Waals surface area contributed by atoms with E-state index in [0.29, 0.717) is 24.5 Å². The average molecular weight is 395 g/mol. The number of aryl methyl sites for hydroxylation is 1. The minimum atomic E-state index is -0.847. The molecule has 1 aromatic heterocycles. The summed E-state index contributed by atoms with van der Waals surface area (Å²) in [4.78, 5) is 13.9. The number of benzene rings is 1. The molecular weight excluding hydrogens is 372 g/mol. The number of hydrogen-bond donors (Lipinski definition) is 1. The Kier molecular flexibility index (Phi) is 6.13. The van der Waals surface area contributed by atoms with Gasteiger partial charge < -0.3 is 24.2 Å². The van der Waals surface area contributed by atoms with E-state index in [-0.39, 0.29) is 30.0 Å². The number of aromatic nitrogens is 1. The van der Waals surface area contributed by atoms with Crippen LogP contribution in [-0.2, 0) is 18.0 Å². The molecule has 1 aromatic carbocycles. The average Bonchev–Trinajstić information content (AvgIpc) is 3.04. The fourth-order valence-electron chi connectivity index (χ4n) is 3.14. The number of carbonyl (C=O) groups excluding carboxylic acids is 1. The van der Waals surface area contributed by atoms with E-state index in [0.717, 1.165) is 12.1 Å². The van der Waals surface area contributed by atoms with E-state index < -0.39 is 24.3 Å². The first kappa shape index (κ1) is 20.1. The van der Waals surface area contributed by atoms with Gasteiger partial charge in [0.15, 0.2) is 0 Å². The zero-order chi connectivity index (χ0) is 20.3. The van der Waals surface area contributed by atoms with Gasteiger partial charge >= 0.3 is 6.09 Å². The molecule has 1 aliphatic rings. The van der Waals surface area contributed by atoms with E-state index in [1.165, 1.54) is 0 Å². The fourth-order valence-corrected chi connectivity index (χ4v) is 3.14. The van der Waals surface area contributed by atoms with Gasteiger partial charge in [-0.15, -0.1) is 0 Å². The van der Waals surface area contributed by atoms with Crippen LogP contribution in [0.5, 0.6) is 5.75 Å². The molecule has 0 bridgehead atoms. The van der Waals surface area contributed by atoms with Crippen molar-refractivity contribution in [1.29, 1.82) is 0 Å². The highest BCUT2D eigenvalue weighted by Gasteiger charge is 2.30. The maximum Gasteiger partial charge on any atom is 0.410 e. The smallest absolute Gasteiger partial charge is 0.410 e. The van der Waals surface area contributed by atoms with Crippen molar-refractivity contribution in [2.75, 3.05) is 13.1 Å². The number of rotatable bonds is 5. The zero-order valence-corrected chi connectivity index (χ0v) is 16.0. The van der Waals surface area contributed by atoms with Gasteiger partial charge in [0, 0.05) is 43.4 Å². The van der Waals surface area contributed by atoms with E-state index in [2.05, 4.69) is 10.5 Å². The predicted molar refractivity (Wildman–Crippen MR) is 95.7 cm³/mol. The Bertz CT molecular complexity index is 809. The van der Waals surface area contributed by atoms with Gasteiger partial charge in [-0.25, -0.2) is 13.6 Å². The molecule has 0 spiro atoms. The predicted octanol–water partition coefficient (Wildman–Crippen LogP) is 3.16. The van der Waals surface area contributed by atoms with Gasteiger partial charge in [0.1, 0.15) is 42.1 Å². The molecule has 2 atom stereocenters. The van der Waals surface area contributed by atoms with Crippen LogP contribution in [0.15, 0.2) is 22.7 Å². The number of ether oxygens (including phenoxy) is 2. The van der Waals surface area contributed by atoms with Gasteiger partial charge in [-0.05, 0) is 20.8 Å². The Morgan fingerprint density at radius 1 is 1.21 bits per heavy atom. The third kappa shape index (κ3) is 4.59. The van der Waals surface area contributed by atoms with Gasteiger partial charge in [-0.2, -0.15) is 0 Å². The van der Waals surface area contributed by atoms with Crippen molar-refractivity contribution in [1.82, 2.24) is 15.4 Å². The summed E-state index contributed by atoms with van der Waals surface area (Å²) in [6.07, 6.45) is -0.595. The van der Waals surface area contributed by atoms with Crippen LogP contribution in [0.1, 0.15) is 30.9 Å². The van der Waals surface area contributed by atoms with Crippen molar-refractivity contribution in [3.05, 3.63) is 46.9 Å². The Morgan fingerprint density at radius 2 is 1.86 bits per heavy atom. The molecule has 0 aliphatic carbocycles. The summed E-state index contributed by atoms with van der Waals surface area (Å²) in [6.45, 7) is 6.29. The highest BCUT2D eigenvalue weighted by molar-refractivity contribution is 5.68. The van der Waals surface area contributed by atoms with Gasteiger partial charge in [0.2, 0.25) is 0 Å². The summed E-state index contributed by atoms with van der Waals surface area (Å²) in [5.41, 5.74) is 0.184. The Balaban J connectivity index is 1.61. The minimum Gasteiger partial charge on any atom is -0.487 e. The number of hydrogen-bond acceptors (Lipinski definition) is 6. The number of amides is 1. The molecule has 7 nitrogen and oxygen atoms in total. The molecule has 1 aliphatic heterocycles. The molecule has 28 heavy (non-hydrogen) atoms. The van der Waals surface area contributed by atoms with Crippen molar-refractivity contribution in [3.63, 3.8) is 0 Å². The summed E-state index contributed by atoms with van der Waals surface area (Å²) < 4.78 is 44.0. The molecule has 0 radical (unpaired) electrons. The van der Waals surface area contributed by atoms with Crippen LogP contribution in [0, 0.1) is 18.6 Å². The normalized spacial score (nSPS) is 19.5. The topological polar surface area (TPSA) is 76.8 Å². The third-order valence-corrected chi connectivity index (χ3v) is 4.56. The largest absolute Gasteiger partial charge is 0.487 e. The number of carbonyl (C=O) groups is 1. The fraction of sp³-hybridized carbons (Fsp3) is 0.474. The highest BCUT2D eigenvalue weighted by Crippen LogP contribution is 2.23. The van der Waals surface area contributed by atoms with Crippen molar-refractivity contribution in [2.24, 2.45) is 0 Å². The van der Waals surface area contributed by atoms with Gasteiger partial charge in [-0.3, -0.25) is 0 Å². The minimum absolute atomic E-state index is 0.00933. The summed E-state index contributed by atoms with van der Waals surface area (Å²) >= 11 is 0. The van der Waals surface area contributed by atoms with E-state index >= 15 is 0 Å². The number of halogens is 2. The zero-order valence-electron chi connectivity index (χ0n) is 16.0. The molecular formula is C19H23F2N3O4. The molecule has 152 valence electrons. The lowest BCUT2D eigenvalue weighted by molar-refractivity contribution is 0.0551. The maximum atomic E-state index is 14.3. The second kappa shape index (κ2) is 8.55. The monoisotopic (exact) mass is 395 g/mol. The SMILES string of the molecule is Cc1cc(COc2cc(F)c(COC(=O)N3C(C)CNCC3C)c(F)c2)no1. The molecule has 1 amide bonds. The quantitative estimate of drug-likeness (QED) is 0.838. The highest BCUT2D eigenvalue weighted by atomic mass is 19.1. The van der Waals surface area contributed by atoms with Gasteiger partial charge in [0.05, 0.1) is 5.56 Å². The Morgan fingerprint density at radius 3 is 2.43 bits per heavy atom. The first-order valence-corrected chi connectivity index (χ1v) is 9.04. The van der Waals surface area contributed by atoms with Crippen molar-refractivity contribution in [3.8, 4) is 5.75 Å². The van der Waals surface area contributed by atoms with Crippen LogP contribution in [0.2, 0.25) is 0 Å². The van der Waals surface area contributed by atoms with E-state index in [1.54, 1.807) is 17.9 Å². The first-order chi connectivity index (χ1) is 13.3. The molecule has 1 saturated heterocycles. The van der Waals surface area contributed by atoms with Gasteiger partial charge in [-0.1, -0.05) is 5.16 Å². The lowest BCUT2D eigenvalue weighted by Gasteiger charge is -2.38. The molecule has 0 saturated carbocycles. The summed E-state index contributed by atoms with van der Waals surface area (Å²) in [5, 5.41) is 6.94. The van der Waals surface area contributed by atoms with Crippen molar-refractivity contribution in [2.45, 2.75) is 46.1 Å². The third-order valence-electron chi connectivity index (χ3n) is 4.56. The summed E-state index contributed by atoms with van der Waals surface area (Å²) in [6, 6.07) is 3.63. The molecule has 1 fully saturated rings. The molecule has 2 aromatic rings. The van der Waals surface area contributed by atoms with Crippen LogP contribution in [0.25, 0.3) is 0 Å². The van der Waals surface area contributed by atoms with E-state index in [9.17, 15) is 13.6 Å². The Labute approximate surface area is 161 Å². The summed E-state index contributed by atoms with van der Waals surface area (Å²) in [7, 11) is 0. The second-order valence-electron chi connectivity index (χ2n) is 6.90.